The fourth-order valence-corrected chi connectivity index (χ4v) is 2.08. The maximum atomic E-state index is 11.9. The van der Waals surface area contributed by atoms with Crippen LogP contribution in [0.5, 0.6) is 0 Å². The molecule has 1 aromatic carbocycles. The van der Waals surface area contributed by atoms with Crippen molar-refractivity contribution < 1.29 is 23.9 Å². The summed E-state index contributed by atoms with van der Waals surface area (Å²) < 4.78 is 4.52. The second kappa shape index (κ2) is 12.6. The predicted octanol–water partition coefficient (Wildman–Crippen LogP) is 0.763. The van der Waals surface area contributed by atoms with Gasteiger partial charge < -0.3 is 25.5 Å². The first-order valence-corrected chi connectivity index (χ1v) is 8.41. The van der Waals surface area contributed by atoms with Gasteiger partial charge in [-0.3, -0.25) is 14.4 Å². The molecule has 1 rings (SSSR count). The smallest absolute Gasteiger partial charge is 0.306 e. The molecule has 0 aliphatic heterocycles. The molecule has 0 aliphatic rings. The Hall–Kier alpha value is -2.74. The Balaban J connectivity index is 2.31. The van der Waals surface area contributed by atoms with Gasteiger partial charge in [0.2, 0.25) is 11.8 Å². The Morgan fingerprint density at radius 1 is 1.08 bits per heavy atom. The minimum absolute atomic E-state index is 0.150. The summed E-state index contributed by atoms with van der Waals surface area (Å²) in [6.07, 6.45) is 1.62. The molecule has 0 unspecified atom stereocenters. The van der Waals surface area contributed by atoms with Crippen molar-refractivity contribution >= 4 is 29.8 Å². The lowest BCUT2D eigenvalue weighted by molar-refractivity contribution is -0.140. The van der Waals surface area contributed by atoms with Crippen LogP contribution >= 0.6 is 0 Å². The standard InChI is InChI=1S/C18H25N3O5/c1-26-18(25)8-10-19-9-7-17(24)21-15-5-2-4-14(12-15)13-20-16(23)6-3-11-22/h2,4-5,11-12,19H,3,6-10,13H2,1H3,(H,20,23)(H,21,24). The Morgan fingerprint density at radius 3 is 2.58 bits per heavy atom. The third-order valence-corrected chi connectivity index (χ3v) is 3.45. The van der Waals surface area contributed by atoms with Crippen LogP contribution in [-0.4, -0.2) is 44.3 Å². The molecule has 8 nitrogen and oxygen atoms in total. The van der Waals surface area contributed by atoms with Crippen molar-refractivity contribution in [2.24, 2.45) is 0 Å². The third-order valence-electron chi connectivity index (χ3n) is 3.45. The largest absolute Gasteiger partial charge is 0.469 e. The molecule has 0 bridgehead atoms. The van der Waals surface area contributed by atoms with Gasteiger partial charge in [-0.15, -0.1) is 0 Å². The highest BCUT2D eigenvalue weighted by Crippen LogP contribution is 2.11. The van der Waals surface area contributed by atoms with Crippen LogP contribution in [0.1, 0.15) is 31.2 Å². The van der Waals surface area contributed by atoms with E-state index in [-0.39, 0.29) is 43.5 Å². The fourth-order valence-electron chi connectivity index (χ4n) is 2.08. The number of amides is 2. The van der Waals surface area contributed by atoms with Crippen molar-refractivity contribution in [3.05, 3.63) is 29.8 Å². The molecule has 0 atom stereocenters. The Bertz CT molecular complexity index is 619. The monoisotopic (exact) mass is 363 g/mol. The first kappa shape index (κ1) is 21.3. The number of aldehydes is 1. The van der Waals surface area contributed by atoms with Crippen molar-refractivity contribution in [1.29, 1.82) is 0 Å². The van der Waals surface area contributed by atoms with Gasteiger partial charge in [-0.05, 0) is 17.7 Å². The van der Waals surface area contributed by atoms with E-state index in [0.717, 1.165) is 5.56 Å². The number of nitrogens with one attached hydrogen (secondary N) is 3. The summed E-state index contributed by atoms with van der Waals surface area (Å²) >= 11 is 0. The van der Waals surface area contributed by atoms with Crippen molar-refractivity contribution in [2.45, 2.75) is 32.2 Å². The number of anilines is 1. The molecule has 8 heteroatoms. The van der Waals surface area contributed by atoms with Gasteiger partial charge in [-0.1, -0.05) is 12.1 Å². The maximum absolute atomic E-state index is 11.9. The number of hydrogen-bond donors (Lipinski definition) is 3. The van der Waals surface area contributed by atoms with Crippen molar-refractivity contribution in [1.82, 2.24) is 10.6 Å². The van der Waals surface area contributed by atoms with Crippen LogP contribution in [0.3, 0.4) is 0 Å². The molecule has 0 fully saturated rings. The number of rotatable bonds is 12. The lowest BCUT2D eigenvalue weighted by Gasteiger charge is -2.09. The van der Waals surface area contributed by atoms with Gasteiger partial charge in [0.1, 0.15) is 6.29 Å². The zero-order valence-corrected chi connectivity index (χ0v) is 14.9. The van der Waals surface area contributed by atoms with Crippen LogP contribution in [0.25, 0.3) is 0 Å². The molecule has 0 saturated carbocycles. The topological polar surface area (TPSA) is 114 Å². The van der Waals surface area contributed by atoms with E-state index < -0.39 is 0 Å². The number of carbonyl (C=O) groups is 4. The molecule has 0 heterocycles. The predicted molar refractivity (Wildman–Crippen MR) is 96.3 cm³/mol. The highest BCUT2D eigenvalue weighted by atomic mass is 16.5. The molecular formula is C18H25N3O5. The normalized spacial score (nSPS) is 10.0. The van der Waals surface area contributed by atoms with E-state index in [1.165, 1.54) is 7.11 Å². The fraction of sp³-hybridized carbons (Fsp3) is 0.444. The zero-order chi connectivity index (χ0) is 19.2. The number of esters is 1. The van der Waals surface area contributed by atoms with E-state index in [1.54, 1.807) is 18.2 Å². The highest BCUT2D eigenvalue weighted by Gasteiger charge is 2.05. The number of methoxy groups -OCH3 is 1. The lowest BCUT2D eigenvalue weighted by Crippen LogP contribution is -2.24. The Kier molecular flexibility index (Phi) is 10.3. The van der Waals surface area contributed by atoms with E-state index in [4.69, 9.17) is 0 Å². The summed E-state index contributed by atoms with van der Waals surface area (Å²) in [4.78, 5) is 44.6. The second-order valence-corrected chi connectivity index (χ2v) is 5.56. The van der Waals surface area contributed by atoms with Crippen LogP contribution in [-0.2, 0) is 30.5 Å². The first-order valence-electron chi connectivity index (χ1n) is 8.41. The van der Waals surface area contributed by atoms with E-state index in [9.17, 15) is 19.2 Å². The minimum Gasteiger partial charge on any atom is -0.469 e. The van der Waals surface area contributed by atoms with Gasteiger partial charge in [0, 0.05) is 44.6 Å². The van der Waals surface area contributed by atoms with Crippen molar-refractivity contribution in [3.8, 4) is 0 Å². The van der Waals surface area contributed by atoms with Gasteiger partial charge in [0.25, 0.3) is 0 Å². The Morgan fingerprint density at radius 2 is 1.85 bits per heavy atom. The molecule has 3 N–H and O–H groups in total. The molecule has 26 heavy (non-hydrogen) atoms. The summed E-state index contributed by atoms with van der Waals surface area (Å²) in [5, 5.41) is 8.50. The quantitative estimate of drug-likeness (QED) is 0.287. The van der Waals surface area contributed by atoms with Crippen molar-refractivity contribution in [3.63, 3.8) is 0 Å². The molecule has 142 valence electrons. The summed E-state index contributed by atoms with van der Waals surface area (Å²) in [6, 6.07) is 7.17. The van der Waals surface area contributed by atoms with E-state index in [0.29, 0.717) is 31.6 Å². The van der Waals surface area contributed by atoms with Crippen LogP contribution in [0, 0.1) is 0 Å². The van der Waals surface area contributed by atoms with Crippen LogP contribution in [0.4, 0.5) is 5.69 Å². The number of benzene rings is 1. The minimum atomic E-state index is -0.294. The summed E-state index contributed by atoms with van der Waals surface area (Å²) in [7, 11) is 1.33. The van der Waals surface area contributed by atoms with Gasteiger partial charge >= 0.3 is 5.97 Å². The molecular weight excluding hydrogens is 338 g/mol. The molecule has 0 aromatic heterocycles. The SMILES string of the molecule is COC(=O)CCNCCC(=O)Nc1cccc(CNC(=O)CCC=O)c1. The highest BCUT2D eigenvalue weighted by molar-refractivity contribution is 5.90. The lowest BCUT2D eigenvalue weighted by atomic mass is 10.2. The van der Waals surface area contributed by atoms with Gasteiger partial charge in [-0.2, -0.15) is 0 Å². The van der Waals surface area contributed by atoms with Gasteiger partial charge in [0.15, 0.2) is 0 Å². The molecule has 0 saturated heterocycles. The van der Waals surface area contributed by atoms with E-state index in [1.807, 2.05) is 6.07 Å². The number of ether oxygens (including phenoxy) is 1. The summed E-state index contributed by atoms with van der Waals surface area (Å²) in [5.74, 6) is -0.635. The second-order valence-electron chi connectivity index (χ2n) is 5.56. The molecule has 1 aromatic rings. The summed E-state index contributed by atoms with van der Waals surface area (Å²) in [6.45, 7) is 1.24. The molecule has 0 aliphatic carbocycles. The summed E-state index contributed by atoms with van der Waals surface area (Å²) in [5.41, 5.74) is 1.49. The molecule has 2 amide bonds. The number of carbonyl (C=O) groups excluding carboxylic acids is 4. The zero-order valence-electron chi connectivity index (χ0n) is 14.9. The van der Waals surface area contributed by atoms with Crippen LogP contribution in [0.2, 0.25) is 0 Å². The molecule has 0 radical (unpaired) electrons. The van der Waals surface area contributed by atoms with E-state index in [2.05, 4.69) is 20.7 Å². The van der Waals surface area contributed by atoms with Gasteiger partial charge in [-0.25, -0.2) is 0 Å². The third kappa shape index (κ3) is 9.53. The van der Waals surface area contributed by atoms with Crippen LogP contribution in [0.15, 0.2) is 24.3 Å². The van der Waals surface area contributed by atoms with Crippen molar-refractivity contribution in [2.75, 3.05) is 25.5 Å². The number of hydrogen-bond acceptors (Lipinski definition) is 6. The first-order chi connectivity index (χ1) is 12.5. The average molecular weight is 363 g/mol. The van der Waals surface area contributed by atoms with Crippen LogP contribution < -0.4 is 16.0 Å². The van der Waals surface area contributed by atoms with Gasteiger partial charge in [0.05, 0.1) is 13.5 Å². The molecule has 0 spiro atoms. The average Bonchev–Trinajstić information content (AvgIpc) is 2.64. The maximum Gasteiger partial charge on any atom is 0.306 e. The Labute approximate surface area is 152 Å². The van der Waals surface area contributed by atoms with E-state index >= 15 is 0 Å².